The summed E-state index contributed by atoms with van der Waals surface area (Å²) in [6.07, 6.45) is 3.08. The highest BCUT2D eigenvalue weighted by Gasteiger charge is 2.21. The van der Waals surface area contributed by atoms with Gasteiger partial charge in [-0.3, -0.25) is 4.98 Å². The lowest BCUT2D eigenvalue weighted by Gasteiger charge is -2.34. The molecule has 0 aliphatic carbocycles. The van der Waals surface area contributed by atoms with Crippen molar-refractivity contribution in [2.45, 2.75) is 45.4 Å². The Morgan fingerprint density at radius 1 is 1.32 bits per heavy atom. The number of nitrogens with zero attached hydrogens (tertiary/aromatic N) is 2. The third-order valence-electron chi connectivity index (χ3n) is 4.95. The van der Waals surface area contributed by atoms with Crippen LogP contribution < -0.4 is 10.2 Å². The summed E-state index contributed by atoms with van der Waals surface area (Å²) < 4.78 is 13.9. The molecule has 0 spiro atoms. The van der Waals surface area contributed by atoms with Crippen molar-refractivity contribution in [3.63, 3.8) is 0 Å². The summed E-state index contributed by atoms with van der Waals surface area (Å²) in [5.41, 5.74) is 4.15. The minimum Gasteiger partial charge on any atom is -0.393 e. The third kappa shape index (κ3) is 4.35. The first-order chi connectivity index (χ1) is 12.0. The Bertz CT molecular complexity index is 714. The van der Waals surface area contributed by atoms with Crippen LogP contribution in [0.3, 0.4) is 0 Å². The van der Waals surface area contributed by atoms with E-state index in [0.717, 1.165) is 48.4 Å². The van der Waals surface area contributed by atoms with Gasteiger partial charge in [-0.15, -0.1) is 0 Å². The van der Waals surface area contributed by atoms with Crippen LogP contribution in [0.2, 0.25) is 0 Å². The summed E-state index contributed by atoms with van der Waals surface area (Å²) >= 11 is 0. The maximum absolute atomic E-state index is 13.9. The molecule has 1 aromatic heterocycles. The van der Waals surface area contributed by atoms with E-state index < -0.39 is 0 Å². The molecular formula is C20H26FN3O. The van der Waals surface area contributed by atoms with Crippen molar-refractivity contribution in [2.75, 3.05) is 18.0 Å². The van der Waals surface area contributed by atoms with Gasteiger partial charge in [0.1, 0.15) is 5.82 Å². The van der Waals surface area contributed by atoms with E-state index in [4.69, 9.17) is 0 Å². The van der Waals surface area contributed by atoms with Crippen LogP contribution in [-0.2, 0) is 6.54 Å². The second kappa shape index (κ2) is 7.93. The van der Waals surface area contributed by atoms with E-state index in [1.165, 1.54) is 6.07 Å². The summed E-state index contributed by atoms with van der Waals surface area (Å²) in [6, 6.07) is 8.95. The van der Waals surface area contributed by atoms with E-state index in [1.807, 2.05) is 25.1 Å². The lowest BCUT2D eigenvalue weighted by atomic mass is 10.0. The van der Waals surface area contributed by atoms with Gasteiger partial charge in [0.05, 0.1) is 11.8 Å². The standard InChI is InChI=1S/C20H26FN3O/c1-14-4-3-9-22-19(14)13-23-15(2)18-12-16(21)5-6-20(18)24-10-7-17(25)8-11-24/h3-6,9,12,15,17,23,25H,7-8,10-11,13H2,1-2H3. The molecule has 5 heteroatoms. The number of pyridine rings is 1. The van der Waals surface area contributed by atoms with Gasteiger partial charge in [0, 0.05) is 37.6 Å². The molecule has 1 unspecified atom stereocenters. The molecule has 0 amide bonds. The predicted octanol–water partition coefficient (Wildman–Crippen LogP) is 3.34. The van der Waals surface area contributed by atoms with Gasteiger partial charge < -0.3 is 15.3 Å². The molecule has 3 rings (SSSR count). The normalized spacial score (nSPS) is 16.9. The zero-order chi connectivity index (χ0) is 17.8. The van der Waals surface area contributed by atoms with E-state index in [0.29, 0.717) is 6.54 Å². The molecule has 0 radical (unpaired) electrons. The van der Waals surface area contributed by atoms with E-state index in [-0.39, 0.29) is 18.0 Å². The number of nitrogens with one attached hydrogen (secondary N) is 1. The second-order valence-corrected chi connectivity index (χ2v) is 6.79. The Morgan fingerprint density at radius 3 is 2.80 bits per heavy atom. The third-order valence-corrected chi connectivity index (χ3v) is 4.95. The number of aromatic nitrogens is 1. The molecular weight excluding hydrogens is 317 g/mol. The van der Waals surface area contributed by atoms with Gasteiger partial charge in [0.25, 0.3) is 0 Å². The maximum Gasteiger partial charge on any atom is 0.123 e. The van der Waals surface area contributed by atoms with Gasteiger partial charge in [-0.05, 0) is 62.1 Å². The molecule has 1 aliphatic heterocycles. The SMILES string of the molecule is Cc1cccnc1CNC(C)c1cc(F)ccc1N1CCC(O)CC1. The van der Waals surface area contributed by atoms with Crippen LogP contribution in [0, 0.1) is 12.7 Å². The number of piperidine rings is 1. The number of anilines is 1. The largest absolute Gasteiger partial charge is 0.393 e. The monoisotopic (exact) mass is 343 g/mol. The van der Waals surface area contributed by atoms with Crippen molar-refractivity contribution in [3.05, 3.63) is 59.2 Å². The van der Waals surface area contributed by atoms with Crippen LogP contribution in [0.5, 0.6) is 0 Å². The van der Waals surface area contributed by atoms with Crippen LogP contribution in [0.25, 0.3) is 0 Å². The molecule has 2 N–H and O–H groups in total. The van der Waals surface area contributed by atoms with Gasteiger partial charge >= 0.3 is 0 Å². The average Bonchev–Trinajstić information content (AvgIpc) is 2.61. The smallest absolute Gasteiger partial charge is 0.123 e. The Kier molecular flexibility index (Phi) is 5.66. The predicted molar refractivity (Wildman–Crippen MR) is 98.1 cm³/mol. The quantitative estimate of drug-likeness (QED) is 0.874. The molecule has 25 heavy (non-hydrogen) atoms. The molecule has 2 aromatic rings. The molecule has 1 saturated heterocycles. The number of rotatable bonds is 5. The number of hydrogen-bond donors (Lipinski definition) is 2. The number of benzene rings is 1. The number of hydrogen-bond acceptors (Lipinski definition) is 4. The number of aryl methyl sites for hydroxylation is 1. The Balaban J connectivity index is 1.76. The number of halogens is 1. The van der Waals surface area contributed by atoms with Crippen molar-refractivity contribution in [1.82, 2.24) is 10.3 Å². The fourth-order valence-electron chi connectivity index (χ4n) is 3.33. The number of aliphatic hydroxyl groups excluding tert-OH is 1. The Labute approximate surface area is 148 Å². The minimum absolute atomic E-state index is 0.000967. The lowest BCUT2D eigenvalue weighted by Crippen LogP contribution is -2.37. The lowest BCUT2D eigenvalue weighted by molar-refractivity contribution is 0.145. The first-order valence-electron chi connectivity index (χ1n) is 8.91. The molecule has 0 saturated carbocycles. The van der Waals surface area contributed by atoms with Crippen LogP contribution in [-0.4, -0.2) is 29.3 Å². The minimum atomic E-state index is -0.224. The highest BCUT2D eigenvalue weighted by molar-refractivity contribution is 5.55. The van der Waals surface area contributed by atoms with Crippen LogP contribution in [0.4, 0.5) is 10.1 Å². The van der Waals surface area contributed by atoms with Crippen molar-refractivity contribution in [1.29, 1.82) is 0 Å². The van der Waals surface area contributed by atoms with Crippen LogP contribution in [0.1, 0.15) is 42.6 Å². The van der Waals surface area contributed by atoms with Crippen LogP contribution >= 0.6 is 0 Å². The fraction of sp³-hybridized carbons (Fsp3) is 0.450. The molecule has 1 fully saturated rings. The molecule has 0 bridgehead atoms. The van der Waals surface area contributed by atoms with Crippen molar-refractivity contribution >= 4 is 5.69 Å². The zero-order valence-electron chi connectivity index (χ0n) is 14.9. The van der Waals surface area contributed by atoms with E-state index >= 15 is 0 Å². The van der Waals surface area contributed by atoms with E-state index in [9.17, 15) is 9.50 Å². The van der Waals surface area contributed by atoms with Gasteiger partial charge in [0.15, 0.2) is 0 Å². The topological polar surface area (TPSA) is 48.4 Å². The van der Waals surface area contributed by atoms with Crippen molar-refractivity contribution < 1.29 is 9.50 Å². The molecule has 1 aromatic carbocycles. The highest BCUT2D eigenvalue weighted by Crippen LogP contribution is 2.30. The Morgan fingerprint density at radius 2 is 2.08 bits per heavy atom. The molecule has 1 atom stereocenters. The zero-order valence-corrected chi connectivity index (χ0v) is 14.9. The summed E-state index contributed by atoms with van der Waals surface area (Å²) in [5, 5.41) is 13.2. The average molecular weight is 343 g/mol. The summed E-state index contributed by atoms with van der Waals surface area (Å²) in [5.74, 6) is -0.224. The fourth-order valence-corrected chi connectivity index (χ4v) is 3.33. The number of aliphatic hydroxyl groups is 1. The summed E-state index contributed by atoms with van der Waals surface area (Å²) in [4.78, 5) is 6.65. The molecule has 2 heterocycles. The van der Waals surface area contributed by atoms with E-state index in [2.05, 4.69) is 22.1 Å². The first kappa shape index (κ1) is 17.8. The highest BCUT2D eigenvalue weighted by atomic mass is 19.1. The maximum atomic E-state index is 13.9. The molecule has 1 aliphatic rings. The second-order valence-electron chi connectivity index (χ2n) is 6.79. The van der Waals surface area contributed by atoms with Crippen LogP contribution in [0.15, 0.2) is 36.5 Å². The summed E-state index contributed by atoms with van der Waals surface area (Å²) in [6.45, 7) is 6.33. The van der Waals surface area contributed by atoms with Gasteiger partial charge in [-0.25, -0.2) is 4.39 Å². The summed E-state index contributed by atoms with van der Waals surface area (Å²) in [7, 11) is 0. The van der Waals surface area contributed by atoms with Gasteiger partial charge in [0.2, 0.25) is 0 Å². The van der Waals surface area contributed by atoms with Gasteiger partial charge in [-0.2, -0.15) is 0 Å². The van der Waals surface area contributed by atoms with Crippen molar-refractivity contribution in [3.8, 4) is 0 Å². The van der Waals surface area contributed by atoms with Gasteiger partial charge in [-0.1, -0.05) is 6.07 Å². The van der Waals surface area contributed by atoms with Crippen molar-refractivity contribution in [2.24, 2.45) is 0 Å². The van der Waals surface area contributed by atoms with E-state index in [1.54, 1.807) is 12.3 Å². The first-order valence-corrected chi connectivity index (χ1v) is 8.91. The Hall–Kier alpha value is -1.98. The molecule has 134 valence electrons. The molecule has 4 nitrogen and oxygen atoms in total.